The average molecular weight is 194 g/mol. The van der Waals surface area contributed by atoms with Gasteiger partial charge in [0.2, 0.25) is 0 Å². The highest BCUT2D eigenvalue weighted by Crippen LogP contribution is 2.12. The van der Waals surface area contributed by atoms with Crippen molar-refractivity contribution in [2.24, 2.45) is 0 Å². The molecule has 76 valence electrons. The third-order valence-corrected chi connectivity index (χ3v) is 2.14. The van der Waals surface area contributed by atoms with Gasteiger partial charge in [0.15, 0.2) is 0 Å². The van der Waals surface area contributed by atoms with E-state index in [-0.39, 0.29) is 5.82 Å². The molecule has 1 aromatic rings. The molecule has 0 N–H and O–H groups in total. The predicted molar refractivity (Wildman–Crippen MR) is 54.5 cm³/mol. The molecule has 1 saturated carbocycles. The molecule has 0 atom stereocenters. The number of carbonyl (C=O) groups is 1. The number of hydrogen-bond donors (Lipinski definition) is 0. The first-order valence-electron chi connectivity index (χ1n) is 5.01. The van der Waals surface area contributed by atoms with E-state index in [0.29, 0.717) is 5.78 Å². The Balaban J connectivity index is 0.000000140. The third-order valence-electron chi connectivity index (χ3n) is 2.14. The molecule has 0 spiro atoms. The third kappa shape index (κ3) is 4.75. The van der Waals surface area contributed by atoms with Gasteiger partial charge in [-0.3, -0.25) is 4.79 Å². The summed E-state index contributed by atoms with van der Waals surface area (Å²) >= 11 is 0. The molecule has 1 aliphatic rings. The second-order valence-corrected chi connectivity index (χ2v) is 3.39. The number of ketones is 1. The summed E-state index contributed by atoms with van der Waals surface area (Å²) < 4.78 is 11.9. The monoisotopic (exact) mass is 194 g/mol. The number of halogens is 1. The van der Waals surface area contributed by atoms with Crippen molar-refractivity contribution in [2.45, 2.75) is 32.1 Å². The first kappa shape index (κ1) is 10.9. The van der Waals surface area contributed by atoms with Crippen molar-refractivity contribution >= 4 is 5.78 Å². The molecular weight excluding hydrogens is 179 g/mol. The highest BCUT2D eigenvalue weighted by Gasteiger charge is 2.05. The number of Topliss-reactive ketones (excluding diaryl/α,β-unsaturated/α-hetero) is 1. The van der Waals surface area contributed by atoms with E-state index < -0.39 is 0 Å². The first-order chi connectivity index (χ1) is 6.79. The summed E-state index contributed by atoms with van der Waals surface area (Å²) in [5, 5.41) is 0. The first-order valence-corrected chi connectivity index (χ1v) is 5.01. The summed E-state index contributed by atoms with van der Waals surface area (Å²) in [6.07, 6.45) is 5.24. The summed E-state index contributed by atoms with van der Waals surface area (Å²) in [4.78, 5) is 10.5. The molecule has 2 heteroatoms. The average Bonchev–Trinajstić information content (AvgIpc) is 2.21. The zero-order valence-electron chi connectivity index (χ0n) is 8.21. The Morgan fingerprint density at radius 2 is 1.50 bits per heavy atom. The van der Waals surface area contributed by atoms with Gasteiger partial charge in [0, 0.05) is 12.8 Å². The molecule has 0 bridgehead atoms. The molecule has 1 nitrogen and oxygen atoms in total. The van der Waals surface area contributed by atoms with E-state index in [4.69, 9.17) is 0 Å². The van der Waals surface area contributed by atoms with Gasteiger partial charge in [-0.15, -0.1) is 0 Å². The van der Waals surface area contributed by atoms with Crippen LogP contribution in [-0.4, -0.2) is 5.78 Å². The van der Waals surface area contributed by atoms with Gasteiger partial charge in [-0.05, 0) is 25.0 Å². The maximum atomic E-state index is 11.9. The van der Waals surface area contributed by atoms with E-state index in [9.17, 15) is 9.18 Å². The van der Waals surface area contributed by atoms with Crippen molar-refractivity contribution in [1.82, 2.24) is 0 Å². The van der Waals surface area contributed by atoms with Crippen LogP contribution in [0.15, 0.2) is 30.3 Å². The molecule has 0 radical (unpaired) electrons. The molecule has 0 amide bonds. The standard InChI is InChI=1S/C6H5F.C6H10O/c2*7-6-4-2-1-3-5-6/h1-5H;1-5H2. The number of benzene rings is 1. The van der Waals surface area contributed by atoms with Crippen LogP contribution in [0.4, 0.5) is 4.39 Å². The van der Waals surface area contributed by atoms with Crippen LogP contribution in [-0.2, 0) is 4.79 Å². The van der Waals surface area contributed by atoms with Crippen molar-refractivity contribution in [3.63, 3.8) is 0 Å². The molecule has 0 aromatic heterocycles. The normalized spacial score (nSPS) is 15.6. The quantitative estimate of drug-likeness (QED) is 0.619. The lowest BCUT2D eigenvalue weighted by Gasteiger charge is -2.05. The fourth-order valence-electron chi connectivity index (χ4n) is 1.36. The smallest absolute Gasteiger partial charge is 0.132 e. The van der Waals surface area contributed by atoms with E-state index in [1.807, 2.05) is 0 Å². The lowest BCUT2D eigenvalue weighted by molar-refractivity contribution is -0.120. The molecule has 1 fully saturated rings. The van der Waals surface area contributed by atoms with E-state index >= 15 is 0 Å². The topological polar surface area (TPSA) is 17.1 Å². The van der Waals surface area contributed by atoms with E-state index in [1.54, 1.807) is 18.2 Å². The molecule has 0 aliphatic heterocycles. The van der Waals surface area contributed by atoms with Gasteiger partial charge in [-0.1, -0.05) is 24.6 Å². The summed E-state index contributed by atoms with van der Waals surface area (Å²) in [5.41, 5.74) is 0. The molecule has 1 aromatic carbocycles. The van der Waals surface area contributed by atoms with Gasteiger partial charge in [0.25, 0.3) is 0 Å². The molecule has 0 heterocycles. The molecule has 14 heavy (non-hydrogen) atoms. The maximum absolute atomic E-state index is 11.9. The number of rotatable bonds is 0. The van der Waals surface area contributed by atoms with Crippen LogP contribution in [0.3, 0.4) is 0 Å². The van der Waals surface area contributed by atoms with Crippen molar-refractivity contribution in [3.8, 4) is 0 Å². The highest BCUT2D eigenvalue weighted by molar-refractivity contribution is 5.78. The van der Waals surface area contributed by atoms with Crippen LogP contribution in [0, 0.1) is 5.82 Å². The SMILES string of the molecule is Fc1ccccc1.O=C1CCCCC1. The molecule has 1 aliphatic carbocycles. The van der Waals surface area contributed by atoms with Crippen LogP contribution < -0.4 is 0 Å². The Hall–Kier alpha value is -1.18. The Morgan fingerprint density at radius 1 is 0.929 bits per heavy atom. The minimum Gasteiger partial charge on any atom is -0.300 e. The lowest BCUT2D eigenvalue weighted by Crippen LogP contribution is -2.02. The van der Waals surface area contributed by atoms with Crippen LogP contribution in [0.25, 0.3) is 0 Å². The Bertz CT molecular complexity index is 261. The fraction of sp³-hybridized carbons (Fsp3) is 0.417. The van der Waals surface area contributed by atoms with Crippen LogP contribution >= 0.6 is 0 Å². The van der Waals surface area contributed by atoms with E-state index in [0.717, 1.165) is 25.7 Å². The predicted octanol–water partition coefficient (Wildman–Crippen LogP) is 3.35. The largest absolute Gasteiger partial charge is 0.300 e. The summed E-state index contributed by atoms with van der Waals surface area (Å²) in [7, 11) is 0. The van der Waals surface area contributed by atoms with Crippen LogP contribution in [0.5, 0.6) is 0 Å². The Morgan fingerprint density at radius 3 is 1.79 bits per heavy atom. The Labute approximate surface area is 83.9 Å². The summed E-state index contributed by atoms with van der Waals surface area (Å²) in [6, 6.07) is 7.94. The summed E-state index contributed by atoms with van der Waals surface area (Å²) in [5.74, 6) is 0.286. The van der Waals surface area contributed by atoms with Gasteiger partial charge < -0.3 is 0 Å². The van der Waals surface area contributed by atoms with Gasteiger partial charge in [0.05, 0.1) is 0 Å². The second kappa shape index (κ2) is 6.30. The minimum absolute atomic E-state index is 0.178. The number of carbonyl (C=O) groups excluding carboxylic acids is 1. The van der Waals surface area contributed by atoms with Gasteiger partial charge in [0.1, 0.15) is 11.6 Å². The molecule has 0 saturated heterocycles. The van der Waals surface area contributed by atoms with Crippen LogP contribution in [0.2, 0.25) is 0 Å². The van der Waals surface area contributed by atoms with Gasteiger partial charge in [-0.2, -0.15) is 0 Å². The zero-order chi connectivity index (χ0) is 10.2. The molecule has 0 unspecified atom stereocenters. The number of hydrogen-bond acceptors (Lipinski definition) is 1. The Kier molecular flexibility index (Phi) is 4.90. The zero-order valence-corrected chi connectivity index (χ0v) is 8.21. The lowest BCUT2D eigenvalue weighted by atomic mass is 10.00. The minimum atomic E-state index is -0.178. The van der Waals surface area contributed by atoms with Gasteiger partial charge >= 0.3 is 0 Å². The van der Waals surface area contributed by atoms with Crippen molar-refractivity contribution in [2.75, 3.05) is 0 Å². The van der Waals surface area contributed by atoms with Crippen molar-refractivity contribution in [1.29, 1.82) is 0 Å². The van der Waals surface area contributed by atoms with Crippen molar-refractivity contribution < 1.29 is 9.18 Å². The molecular formula is C12H15FO. The second-order valence-electron chi connectivity index (χ2n) is 3.39. The van der Waals surface area contributed by atoms with Crippen molar-refractivity contribution in [3.05, 3.63) is 36.1 Å². The van der Waals surface area contributed by atoms with Crippen LogP contribution in [0.1, 0.15) is 32.1 Å². The fourth-order valence-corrected chi connectivity index (χ4v) is 1.36. The summed E-state index contributed by atoms with van der Waals surface area (Å²) in [6.45, 7) is 0. The van der Waals surface area contributed by atoms with Gasteiger partial charge in [-0.25, -0.2) is 4.39 Å². The van der Waals surface area contributed by atoms with E-state index in [1.165, 1.54) is 18.6 Å². The highest BCUT2D eigenvalue weighted by atomic mass is 19.1. The maximum Gasteiger partial charge on any atom is 0.132 e. The molecule has 2 rings (SSSR count). The van der Waals surface area contributed by atoms with E-state index in [2.05, 4.69) is 0 Å².